The average molecular weight is 291 g/mol. The third kappa shape index (κ3) is 2.19. The summed E-state index contributed by atoms with van der Waals surface area (Å²) in [5, 5.41) is 0.877. The van der Waals surface area contributed by atoms with Gasteiger partial charge in [0.1, 0.15) is 10.7 Å². The summed E-state index contributed by atoms with van der Waals surface area (Å²) in [6, 6.07) is 0. The lowest BCUT2D eigenvalue weighted by atomic mass is 9.89. The lowest BCUT2D eigenvalue weighted by Gasteiger charge is -2.17. The van der Waals surface area contributed by atoms with Crippen LogP contribution in [0.5, 0.6) is 0 Å². The van der Waals surface area contributed by atoms with Gasteiger partial charge in [-0.15, -0.1) is 11.3 Å². The van der Waals surface area contributed by atoms with E-state index in [0.717, 1.165) is 34.8 Å². The molecule has 3 rings (SSSR count). The summed E-state index contributed by atoms with van der Waals surface area (Å²) in [5.41, 5.74) is 1.39. The highest BCUT2D eigenvalue weighted by Crippen LogP contribution is 2.35. The Balaban J connectivity index is 2.21. The zero-order valence-electron chi connectivity index (χ0n) is 12.6. The van der Waals surface area contributed by atoms with E-state index in [4.69, 9.17) is 4.98 Å². The number of hydrogen-bond donors (Lipinski definition) is 0. The molecular weight excluding hydrogens is 270 g/mol. The third-order valence-electron chi connectivity index (χ3n) is 4.09. The molecule has 0 saturated carbocycles. The third-order valence-corrected chi connectivity index (χ3v) is 5.24. The number of thiophene rings is 1. The number of rotatable bonds is 2. The molecule has 2 heterocycles. The molecule has 108 valence electrons. The van der Waals surface area contributed by atoms with Crippen LogP contribution in [-0.2, 0) is 26.4 Å². The first-order chi connectivity index (χ1) is 9.47. The fraction of sp³-hybridized carbons (Fsp3) is 0.600. The Morgan fingerprint density at radius 2 is 2.20 bits per heavy atom. The lowest BCUT2D eigenvalue weighted by Crippen LogP contribution is -2.26. The van der Waals surface area contributed by atoms with Crippen molar-refractivity contribution >= 4 is 21.6 Å². The highest BCUT2D eigenvalue weighted by Gasteiger charge is 2.23. The molecule has 2 aromatic heterocycles. The van der Waals surface area contributed by atoms with Crippen LogP contribution in [0.4, 0.5) is 0 Å². The molecular formula is C15H21N3OS. The van der Waals surface area contributed by atoms with Crippen molar-refractivity contribution in [1.29, 1.82) is 0 Å². The van der Waals surface area contributed by atoms with Crippen molar-refractivity contribution in [3.05, 3.63) is 26.6 Å². The molecule has 0 aliphatic heterocycles. The van der Waals surface area contributed by atoms with Crippen LogP contribution >= 0.6 is 11.3 Å². The zero-order valence-corrected chi connectivity index (χ0v) is 13.4. The molecule has 4 nitrogen and oxygen atoms in total. The summed E-state index contributed by atoms with van der Waals surface area (Å²) in [5.74, 6) is 1.57. The van der Waals surface area contributed by atoms with Crippen molar-refractivity contribution in [2.45, 2.75) is 32.7 Å². The van der Waals surface area contributed by atoms with Gasteiger partial charge in [0.15, 0.2) is 0 Å². The molecule has 0 aromatic carbocycles. The van der Waals surface area contributed by atoms with Crippen LogP contribution in [0.3, 0.4) is 0 Å². The molecule has 0 radical (unpaired) electrons. The molecule has 0 amide bonds. The van der Waals surface area contributed by atoms with E-state index in [2.05, 4.69) is 6.92 Å². The van der Waals surface area contributed by atoms with E-state index < -0.39 is 0 Å². The van der Waals surface area contributed by atoms with E-state index >= 15 is 0 Å². The average Bonchev–Trinajstić information content (AvgIpc) is 2.72. The predicted octanol–water partition coefficient (Wildman–Crippen LogP) is 2.18. The van der Waals surface area contributed by atoms with E-state index in [-0.39, 0.29) is 5.56 Å². The number of nitrogens with zero attached hydrogens (tertiary/aromatic N) is 3. The second-order valence-electron chi connectivity index (χ2n) is 6.16. The molecule has 20 heavy (non-hydrogen) atoms. The van der Waals surface area contributed by atoms with E-state index in [0.29, 0.717) is 6.54 Å². The van der Waals surface area contributed by atoms with Gasteiger partial charge in [-0.3, -0.25) is 9.36 Å². The Morgan fingerprint density at radius 1 is 1.45 bits per heavy atom. The minimum Gasteiger partial charge on any atom is -0.302 e. The highest BCUT2D eigenvalue weighted by atomic mass is 32.1. The van der Waals surface area contributed by atoms with Gasteiger partial charge in [-0.1, -0.05) is 6.92 Å². The van der Waals surface area contributed by atoms with Crippen molar-refractivity contribution in [2.24, 2.45) is 13.0 Å². The van der Waals surface area contributed by atoms with Gasteiger partial charge in [0.05, 0.1) is 11.9 Å². The maximum Gasteiger partial charge on any atom is 0.262 e. The Labute approximate surface area is 123 Å². The zero-order chi connectivity index (χ0) is 14.4. The van der Waals surface area contributed by atoms with E-state index in [1.807, 2.05) is 26.0 Å². The molecule has 1 aliphatic rings. The van der Waals surface area contributed by atoms with E-state index in [9.17, 15) is 4.79 Å². The van der Waals surface area contributed by atoms with Crippen LogP contribution in [0, 0.1) is 5.92 Å². The quantitative estimate of drug-likeness (QED) is 0.851. The first-order valence-electron chi connectivity index (χ1n) is 7.12. The normalized spacial score (nSPS) is 18.8. The van der Waals surface area contributed by atoms with Crippen LogP contribution in [0.25, 0.3) is 10.2 Å². The molecule has 0 bridgehead atoms. The first kappa shape index (κ1) is 13.8. The Kier molecular flexibility index (Phi) is 3.42. The molecule has 1 aliphatic carbocycles. The summed E-state index contributed by atoms with van der Waals surface area (Å²) < 4.78 is 1.72. The van der Waals surface area contributed by atoms with Gasteiger partial charge in [0.2, 0.25) is 0 Å². The van der Waals surface area contributed by atoms with Crippen LogP contribution in [-0.4, -0.2) is 28.5 Å². The number of fused-ring (bicyclic) bond motifs is 3. The SMILES string of the molecule is CC1CCc2c(sc3nc(CN(C)C)n(C)c(=O)c23)C1. The van der Waals surface area contributed by atoms with Gasteiger partial charge in [0, 0.05) is 11.9 Å². The fourth-order valence-corrected chi connectivity index (χ4v) is 4.33. The number of aromatic nitrogens is 2. The minimum atomic E-state index is 0.124. The monoisotopic (exact) mass is 291 g/mol. The lowest BCUT2D eigenvalue weighted by molar-refractivity contribution is 0.382. The van der Waals surface area contributed by atoms with Crippen molar-refractivity contribution < 1.29 is 0 Å². The summed E-state index contributed by atoms with van der Waals surface area (Å²) >= 11 is 1.72. The van der Waals surface area contributed by atoms with Crippen molar-refractivity contribution in [3.63, 3.8) is 0 Å². The summed E-state index contributed by atoms with van der Waals surface area (Å²) in [6.07, 6.45) is 3.31. The number of aryl methyl sites for hydroxylation is 1. The van der Waals surface area contributed by atoms with Crippen molar-refractivity contribution in [3.8, 4) is 0 Å². The van der Waals surface area contributed by atoms with E-state index in [1.54, 1.807) is 15.9 Å². The van der Waals surface area contributed by atoms with Gasteiger partial charge in [-0.05, 0) is 44.8 Å². The van der Waals surface area contributed by atoms with Crippen molar-refractivity contribution in [2.75, 3.05) is 14.1 Å². The topological polar surface area (TPSA) is 38.1 Å². The first-order valence-corrected chi connectivity index (χ1v) is 7.94. The summed E-state index contributed by atoms with van der Waals surface area (Å²) in [6.45, 7) is 2.98. The van der Waals surface area contributed by atoms with Gasteiger partial charge in [0.25, 0.3) is 5.56 Å². The van der Waals surface area contributed by atoms with Gasteiger partial charge >= 0.3 is 0 Å². The largest absolute Gasteiger partial charge is 0.302 e. The van der Waals surface area contributed by atoms with Crippen LogP contribution in [0.2, 0.25) is 0 Å². The van der Waals surface area contributed by atoms with Crippen LogP contribution < -0.4 is 5.56 Å². The molecule has 0 saturated heterocycles. The summed E-state index contributed by atoms with van der Waals surface area (Å²) in [4.78, 5) is 21.8. The van der Waals surface area contributed by atoms with Crippen LogP contribution in [0.15, 0.2) is 4.79 Å². The van der Waals surface area contributed by atoms with Gasteiger partial charge in [-0.25, -0.2) is 4.98 Å². The predicted molar refractivity (Wildman–Crippen MR) is 83.4 cm³/mol. The number of hydrogen-bond acceptors (Lipinski definition) is 4. The molecule has 1 unspecified atom stereocenters. The van der Waals surface area contributed by atoms with Gasteiger partial charge in [-0.2, -0.15) is 0 Å². The Hall–Kier alpha value is -1.20. The minimum absolute atomic E-state index is 0.124. The summed E-state index contributed by atoms with van der Waals surface area (Å²) in [7, 11) is 5.83. The van der Waals surface area contributed by atoms with Crippen molar-refractivity contribution in [1.82, 2.24) is 14.5 Å². The smallest absolute Gasteiger partial charge is 0.262 e. The molecule has 2 aromatic rings. The molecule has 0 spiro atoms. The Bertz CT molecular complexity index is 714. The molecule has 5 heteroatoms. The second-order valence-corrected chi connectivity index (χ2v) is 7.25. The standard InChI is InChI=1S/C15H21N3OS/c1-9-5-6-10-11(7-9)20-14-13(10)15(19)18(4)12(16-14)8-17(2)3/h9H,5-8H2,1-4H3. The molecule has 1 atom stereocenters. The van der Waals surface area contributed by atoms with Gasteiger partial charge < -0.3 is 4.90 Å². The fourth-order valence-electron chi connectivity index (χ4n) is 2.94. The Morgan fingerprint density at radius 3 is 2.90 bits per heavy atom. The molecule has 0 N–H and O–H groups in total. The second kappa shape index (κ2) is 4.97. The molecule has 0 fully saturated rings. The highest BCUT2D eigenvalue weighted by molar-refractivity contribution is 7.18. The maximum absolute atomic E-state index is 12.7. The van der Waals surface area contributed by atoms with Crippen LogP contribution in [0.1, 0.15) is 29.6 Å². The van der Waals surface area contributed by atoms with E-state index in [1.165, 1.54) is 16.9 Å². The maximum atomic E-state index is 12.7.